The van der Waals surface area contributed by atoms with Crippen molar-refractivity contribution in [2.45, 2.75) is 11.1 Å². The van der Waals surface area contributed by atoms with Crippen LogP contribution in [0.15, 0.2) is 70.4 Å². The molecule has 8 heteroatoms. The van der Waals surface area contributed by atoms with Crippen LogP contribution in [-0.2, 0) is 0 Å². The van der Waals surface area contributed by atoms with Crippen molar-refractivity contribution >= 4 is 23.4 Å². The molecule has 0 spiro atoms. The molecule has 6 nitrogen and oxygen atoms in total. The average Bonchev–Trinajstić information content (AvgIpc) is 3.34. The van der Waals surface area contributed by atoms with Crippen LogP contribution in [-0.4, -0.2) is 54.8 Å². The van der Waals surface area contributed by atoms with E-state index in [-0.39, 0.29) is 17.8 Å². The first-order valence-electron chi connectivity index (χ1n) is 10.2. The molecule has 1 aliphatic rings. The fraction of sp³-hybridized carbons (Fsp3) is 0.304. The summed E-state index contributed by atoms with van der Waals surface area (Å²) < 4.78 is 18.9. The zero-order valence-electron chi connectivity index (χ0n) is 17.3. The molecule has 0 bridgehead atoms. The summed E-state index contributed by atoms with van der Waals surface area (Å²) in [6.07, 6.45) is 5.26. The Bertz CT molecular complexity index is 989. The van der Waals surface area contributed by atoms with Gasteiger partial charge in [-0.1, -0.05) is 0 Å². The van der Waals surface area contributed by atoms with Gasteiger partial charge in [-0.3, -0.25) is 9.69 Å². The van der Waals surface area contributed by atoms with Crippen molar-refractivity contribution in [1.29, 1.82) is 0 Å². The van der Waals surface area contributed by atoms with Crippen LogP contribution in [0.1, 0.15) is 22.2 Å². The lowest BCUT2D eigenvalue weighted by Crippen LogP contribution is -2.49. The summed E-state index contributed by atoms with van der Waals surface area (Å²) in [4.78, 5) is 21.6. The summed E-state index contributed by atoms with van der Waals surface area (Å²) in [6, 6.07) is 13.9. The van der Waals surface area contributed by atoms with E-state index < -0.39 is 0 Å². The molecule has 0 aliphatic carbocycles. The minimum absolute atomic E-state index is 0.0660. The molecule has 1 N–H and O–H groups in total. The predicted molar refractivity (Wildman–Crippen MR) is 120 cm³/mol. The zero-order valence-corrected chi connectivity index (χ0v) is 18.1. The van der Waals surface area contributed by atoms with Crippen molar-refractivity contribution in [3.63, 3.8) is 0 Å². The maximum absolute atomic E-state index is 13.2. The van der Waals surface area contributed by atoms with Gasteiger partial charge < -0.3 is 14.6 Å². The number of halogens is 1. The molecule has 4 rings (SSSR count). The number of amides is 1. The van der Waals surface area contributed by atoms with Crippen molar-refractivity contribution < 1.29 is 13.6 Å². The smallest absolute Gasteiger partial charge is 0.254 e. The van der Waals surface area contributed by atoms with Crippen LogP contribution in [0.25, 0.3) is 0 Å². The fourth-order valence-corrected chi connectivity index (χ4v) is 4.39. The molecule has 1 aliphatic heterocycles. The Hall–Kier alpha value is -2.84. The maximum Gasteiger partial charge on any atom is 0.254 e. The van der Waals surface area contributed by atoms with Crippen molar-refractivity contribution in [1.82, 2.24) is 15.2 Å². The first-order valence-corrected chi connectivity index (χ1v) is 11.4. The molecule has 3 heterocycles. The van der Waals surface area contributed by atoms with Crippen LogP contribution in [0, 0.1) is 5.82 Å². The molecule has 0 radical (unpaired) electrons. The molecule has 1 unspecified atom stereocenters. The number of anilines is 1. The van der Waals surface area contributed by atoms with Crippen LogP contribution in [0.5, 0.6) is 0 Å². The van der Waals surface area contributed by atoms with Crippen molar-refractivity contribution in [2.75, 3.05) is 43.9 Å². The van der Waals surface area contributed by atoms with Crippen molar-refractivity contribution in [2.24, 2.45) is 0 Å². The first-order chi connectivity index (χ1) is 15.2. The van der Waals surface area contributed by atoms with Gasteiger partial charge in [-0.15, -0.1) is 11.8 Å². The zero-order chi connectivity index (χ0) is 21.6. The quantitative estimate of drug-likeness (QED) is 0.564. The van der Waals surface area contributed by atoms with Gasteiger partial charge in [-0.05, 0) is 54.8 Å². The minimum Gasteiger partial charge on any atom is -0.468 e. The van der Waals surface area contributed by atoms with E-state index in [4.69, 9.17) is 4.42 Å². The summed E-state index contributed by atoms with van der Waals surface area (Å²) in [5.74, 6) is 0.458. The second-order valence-corrected chi connectivity index (χ2v) is 8.10. The SMILES string of the molecule is CSc1ncccc1C(=O)NCC(c1ccco1)N1CCN(c2ccc(F)cc2)CC1. The standard InChI is InChI=1S/C23H25FN4O2S/c1-31-23-19(4-2-10-25-23)22(29)26-16-20(21-5-3-15-30-21)28-13-11-27(12-14-28)18-8-6-17(24)7-9-18/h2-10,15,20H,11-14,16H2,1H3,(H,26,29). The highest BCUT2D eigenvalue weighted by atomic mass is 32.2. The molecule has 3 aromatic rings. The van der Waals surface area contributed by atoms with Gasteiger partial charge in [-0.2, -0.15) is 0 Å². The first kappa shape index (κ1) is 21.4. The Morgan fingerprint density at radius 3 is 2.61 bits per heavy atom. The van der Waals surface area contributed by atoms with E-state index in [9.17, 15) is 9.18 Å². The number of benzene rings is 1. The average molecular weight is 441 g/mol. The second-order valence-electron chi connectivity index (χ2n) is 7.30. The Balaban J connectivity index is 1.42. The van der Waals surface area contributed by atoms with Crippen LogP contribution < -0.4 is 10.2 Å². The highest BCUT2D eigenvalue weighted by Gasteiger charge is 2.28. The Kier molecular flexibility index (Phi) is 6.89. The highest BCUT2D eigenvalue weighted by molar-refractivity contribution is 7.98. The number of piperazine rings is 1. The van der Waals surface area contributed by atoms with Gasteiger partial charge in [0.1, 0.15) is 16.6 Å². The normalized spacial score (nSPS) is 15.6. The van der Waals surface area contributed by atoms with E-state index in [2.05, 4.69) is 20.1 Å². The van der Waals surface area contributed by atoms with E-state index in [1.54, 1.807) is 24.6 Å². The third-order valence-electron chi connectivity index (χ3n) is 5.48. The van der Waals surface area contributed by atoms with E-state index in [0.29, 0.717) is 17.1 Å². The number of nitrogens with zero attached hydrogens (tertiary/aromatic N) is 3. The Morgan fingerprint density at radius 1 is 1.16 bits per heavy atom. The molecule has 1 aromatic carbocycles. The summed E-state index contributed by atoms with van der Waals surface area (Å²) in [5, 5.41) is 3.77. The number of carbonyl (C=O) groups excluding carboxylic acids is 1. The number of pyridine rings is 1. The number of nitrogens with one attached hydrogen (secondary N) is 1. The molecule has 1 saturated heterocycles. The third-order valence-corrected chi connectivity index (χ3v) is 6.20. The number of carbonyl (C=O) groups is 1. The molecule has 1 amide bonds. The van der Waals surface area contributed by atoms with Gasteiger partial charge in [0.2, 0.25) is 0 Å². The van der Waals surface area contributed by atoms with Crippen LogP contribution in [0.4, 0.5) is 10.1 Å². The Morgan fingerprint density at radius 2 is 1.94 bits per heavy atom. The van der Waals surface area contributed by atoms with E-state index in [1.807, 2.05) is 30.5 Å². The lowest BCUT2D eigenvalue weighted by Gasteiger charge is -2.39. The fourth-order valence-electron chi connectivity index (χ4n) is 3.85. The van der Waals surface area contributed by atoms with Crippen LogP contribution in [0.3, 0.4) is 0 Å². The van der Waals surface area contributed by atoms with Gasteiger partial charge in [0, 0.05) is 44.6 Å². The topological polar surface area (TPSA) is 61.6 Å². The van der Waals surface area contributed by atoms with E-state index in [1.165, 1.54) is 23.9 Å². The monoisotopic (exact) mass is 440 g/mol. The largest absolute Gasteiger partial charge is 0.468 e. The lowest BCUT2D eigenvalue weighted by atomic mass is 10.1. The molecule has 1 fully saturated rings. The van der Waals surface area contributed by atoms with Crippen LogP contribution in [0.2, 0.25) is 0 Å². The van der Waals surface area contributed by atoms with Gasteiger partial charge in [0.05, 0.1) is 17.9 Å². The molecular formula is C23H25FN4O2S. The molecular weight excluding hydrogens is 415 g/mol. The number of rotatable bonds is 7. The predicted octanol–water partition coefficient (Wildman–Crippen LogP) is 3.83. The summed E-state index contributed by atoms with van der Waals surface area (Å²) in [5.41, 5.74) is 1.60. The van der Waals surface area contributed by atoms with Crippen LogP contribution >= 0.6 is 11.8 Å². The molecule has 162 valence electrons. The summed E-state index contributed by atoms with van der Waals surface area (Å²) >= 11 is 1.45. The van der Waals surface area contributed by atoms with E-state index >= 15 is 0 Å². The van der Waals surface area contributed by atoms with Gasteiger partial charge in [0.25, 0.3) is 5.91 Å². The van der Waals surface area contributed by atoms with E-state index in [0.717, 1.165) is 37.6 Å². The molecule has 0 saturated carbocycles. The number of hydrogen-bond acceptors (Lipinski definition) is 6. The van der Waals surface area contributed by atoms with Gasteiger partial charge >= 0.3 is 0 Å². The second kappa shape index (κ2) is 9.98. The number of thioether (sulfide) groups is 1. The maximum atomic E-state index is 13.2. The van der Waals surface area contributed by atoms with Gasteiger partial charge in [0.15, 0.2) is 0 Å². The molecule has 31 heavy (non-hydrogen) atoms. The molecule has 2 aromatic heterocycles. The summed E-state index contributed by atoms with van der Waals surface area (Å²) in [6.45, 7) is 3.68. The number of furan rings is 1. The number of aromatic nitrogens is 1. The van der Waals surface area contributed by atoms with Gasteiger partial charge in [-0.25, -0.2) is 9.37 Å². The van der Waals surface area contributed by atoms with Crippen molar-refractivity contribution in [3.8, 4) is 0 Å². The molecule has 1 atom stereocenters. The van der Waals surface area contributed by atoms with Crippen molar-refractivity contribution in [3.05, 3.63) is 78.1 Å². The Labute approximate surface area is 185 Å². The summed E-state index contributed by atoms with van der Waals surface area (Å²) in [7, 11) is 0. The minimum atomic E-state index is -0.228. The number of hydrogen-bond donors (Lipinski definition) is 1. The lowest BCUT2D eigenvalue weighted by molar-refractivity contribution is 0.0919. The highest BCUT2D eigenvalue weighted by Crippen LogP contribution is 2.25. The third kappa shape index (κ3) is 5.08.